The number of anilines is 1. The van der Waals surface area contributed by atoms with Gasteiger partial charge in [-0.25, -0.2) is 0 Å². The van der Waals surface area contributed by atoms with Crippen LogP contribution in [0.5, 0.6) is 0 Å². The van der Waals surface area contributed by atoms with E-state index >= 15 is 0 Å². The van der Waals surface area contributed by atoms with E-state index in [1.54, 1.807) is 57.8 Å². The van der Waals surface area contributed by atoms with Gasteiger partial charge in [-0.1, -0.05) is 35.9 Å². The van der Waals surface area contributed by atoms with Crippen molar-refractivity contribution in [1.82, 2.24) is 9.80 Å². The summed E-state index contributed by atoms with van der Waals surface area (Å²) in [5.74, 6) is -1.56. The fourth-order valence-corrected chi connectivity index (χ4v) is 7.73. The molecule has 1 spiro atoms. The summed E-state index contributed by atoms with van der Waals surface area (Å²) in [5.41, 5.74) is 0.706. The van der Waals surface area contributed by atoms with E-state index in [-0.39, 0.29) is 36.1 Å². The fraction of sp³-hybridized carbons (Fsp3) is 0.458. The molecule has 7 nitrogen and oxygen atoms in total. The first-order valence-electron chi connectivity index (χ1n) is 11.1. The lowest BCUT2D eigenvalue weighted by molar-refractivity contribution is -0.142. The molecule has 5 atom stereocenters. The number of hydrogen-bond donors (Lipinski definition) is 1. The zero-order valence-corrected chi connectivity index (χ0v) is 19.8. The summed E-state index contributed by atoms with van der Waals surface area (Å²) in [6, 6.07) is 6.32. The van der Waals surface area contributed by atoms with Crippen LogP contribution in [0, 0.1) is 11.8 Å². The number of nitrogens with zero attached hydrogens (tertiary/aromatic N) is 3. The number of carbonyl (C=O) groups is 3. The Bertz CT molecular complexity index is 1040. The van der Waals surface area contributed by atoms with E-state index in [0.717, 1.165) is 0 Å². The van der Waals surface area contributed by atoms with Gasteiger partial charge in [0.1, 0.15) is 6.04 Å². The van der Waals surface area contributed by atoms with Crippen molar-refractivity contribution in [2.45, 2.75) is 22.5 Å². The van der Waals surface area contributed by atoms with Crippen molar-refractivity contribution in [3.05, 3.63) is 53.6 Å². The molecule has 174 valence electrons. The van der Waals surface area contributed by atoms with Crippen LogP contribution in [-0.2, 0) is 14.4 Å². The van der Waals surface area contributed by atoms with Gasteiger partial charge in [-0.2, -0.15) is 0 Å². The number of aliphatic hydroxyl groups is 1. The number of aliphatic hydroxyl groups excluding tert-OH is 1. The van der Waals surface area contributed by atoms with Gasteiger partial charge in [0, 0.05) is 49.2 Å². The number of carbonyl (C=O) groups excluding carboxylic acids is 3. The zero-order valence-electron chi connectivity index (χ0n) is 18.3. The van der Waals surface area contributed by atoms with Gasteiger partial charge < -0.3 is 19.8 Å². The van der Waals surface area contributed by atoms with Crippen LogP contribution >= 0.6 is 23.4 Å². The normalized spacial score (nSPS) is 33.2. The van der Waals surface area contributed by atoms with Gasteiger partial charge in [0.2, 0.25) is 11.8 Å². The summed E-state index contributed by atoms with van der Waals surface area (Å²) in [6.07, 6.45) is 8.30. The molecule has 1 N–H and O–H groups in total. The molecule has 0 bridgehead atoms. The lowest BCUT2D eigenvalue weighted by Crippen LogP contribution is -2.53. The fourth-order valence-electron chi connectivity index (χ4n) is 5.60. The highest BCUT2D eigenvalue weighted by atomic mass is 35.5. The van der Waals surface area contributed by atoms with Crippen LogP contribution in [-0.4, -0.2) is 82.0 Å². The Kier molecular flexibility index (Phi) is 5.79. The molecule has 33 heavy (non-hydrogen) atoms. The van der Waals surface area contributed by atoms with Crippen molar-refractivity contribution in [2.75, 3.05) is 38.2 Å². The molecule has 0 saturated carbocycles. The van der Waals surface area contributed by atoms with Gasteiger partial charge in [0.25, 0.3) is 5.91 Å². The van der Waals surface area contributed by atoms with Crippen LogP contribution in [0.2, 0.25) is 5.02 Å². The highest BCUT2D eigenvalue weighted by Gasteiger charge is 2.70. The van der Waals surface area contributed by atoms with E-state index in [1.807, 2.05) is 24.3 Å². The smallest absolute Gasteiger partial charge is 0.251 e. The molecule has 0 aromatic heterocycles. The number of benzene rings is 1. The summed E-state index contributed by atoms with van der Waals surface area (Å²) in [7, 11) is 1.75. The molecule has 9 heteroatoms. The number of hydrogen-bond acceptors (Lipinski definition) is 5. The molecule has 2 fully saturated rings. The number of halogens is 1. The van der Waals surface area contributed by atoms with Crippen LogP contribution in [0.15, 0.2) is 48.6 Å². The molecule has 2 saturated heterocycles. The van der Waals surface area contributed by atoms with Gasteiger partial charge >= 0.3 is 0 Å². The number of fused-ring (bicyclic) bond motifs is 2. The number of thioether (sulfide) groups is 1. The second-order valence-corrected chi connectivity index (χ2v) is 10.8. The van der Waals surface area contributed by atoms with Gasteiger partial charge in [0.05, 0.1) is 16.6 Å². The summed E-state index contributed by atoms with van der Waals surface area (Å²) in [4.78, 5) is 46.1. The second kappa shape index (κ2) is 8.49. The van der Waals surface area contributed by atoms with Crippen LogP contribution in [0.1, 0.15) is 6.42 Å². The molecule has 0 aliphatic carbocycles. The van der Waals surface area contributed by atoms with E-state index in [0.29, 0.717) is 30.2 Å². The molecule has 0 radical (unpaired) electrons. The number of likely N-dealkylation sites (N-methyl/N-ethyl adjacent to an activating group) is 1. The second-order valence-electron chi connectivity index (χ2n) is 8.93. The SMILES string of the molecule is CN1CC=C[C@@H]2S[C@]34C=CCN(c5ccc(Cl)cc5)C(=O)C3N(CCCO)C(=O)[C@@H]4[C@@H]2C1=O. The van der Waals surface area contributed by atoms with Crippen molar-refractivity contribution >= 4 is 46.8 Å². The van der Waals surface area contributed by atoms with Gasteiger partial charge in [0.15, 0.2) is 0 Å². The lowest BCUT2D eigenvalue weighted by Gasteiger charge is -2.35. The Morgan fingerprint density at radius 3 is 2.58 bits per heavy atom. The van der Waals surface area contributed by atoms with Gasteiger partial charge in [-0.3, -0.25) is 14.4 Å². The van der Waals surface area contributed by atoms with E-state index in [9.17, 15) is 19.5 Å². The first-order valence-corrected chi connectivity index (χ1v) is 12.4. The van der Waals surface area contributed by atoms with E-state index in [4.69, 9.17) is 11.6 Å². The third-order valence-corrected chi connectivity index (χ3v) is 9.05. The van der Waals surface area contributed by atoms with Crippen LogP contribution in [0.3, 0.4) is 0 Å². The lowest BCUT2D eigenvalue weighted by atomic mass is 9.78. The number of rotatable bonds is 4. The van der Waals surface area contributed by atoms with E-state index < -0.39 is 22.6 Å². The third-order valence-electron chi connectivity index (χ3n) is 7.06. The predicted octanol–water partition coefficient (Wildman–Crippen LogP) is 1.95. The first kappa shape index (κ1) is 22.5. The monoisotopic (exact) mass is 487 g/mol. The minimum atomic E-state index is -0.835. The van der Waals surface area contributed by atoms with E-state index in [2.05, 4.69) is 0 Å². The Morgan fingerprint density at radius 2 is 1.85 bits per heavy atom. The molecule has 5 rings (SSSR count). The average molecular weight is 488 g/mol. The van der Waals surface area contributed by atoms with Crippen molar-refractivity contribution in [2.24, 2.45) is 11.8 Å². The average Bonchev–Trinajstić information content (AvgIpc) is 3.12. The minimum absolute atomic E-state index is 0.0601. The maximum atomic E-state index is 14.1. The minimum Gasteiger partial charge on any atom is -0.396 e. The Hall–Kier alpha value is -2.29. The Balaban J connectivity index is 1.61. The highest BCUT2D eigenvalue weighted by molar-refractivity contribution is 8.02. The molecule has 1 aromatic rings. The molecule has 4 aliphatic rings. The van der Waals surface area contributed by atoms with Crippen LogP contribution in [0.4, 0.5) is 5.69 Å². The largest absolute Gasteiger partial charge is 0.396 e. The molecule has 4 aliphatic heterocycles. The van der Waals surface area contributed by atoms with Gasteiger partial charge in [-0.05, 0) is 30.7 Å². The summed E-state index contributed by atoms with van der Waals surface area (Å²) < 4.78 is -0.835. The maximum Gasteiger partial charge on any atom is 0.251 e. The first-order chi connectivity index (χ1) is 15.9. The Labute approximate surface area is 202 Å². The topological polar surface area (TPSA) is 81.2 Å². The quantitative estimate of drug-likeness (QED) is 0.656. The summed E-state index contributed by atoms with van der Waals surface area (Å²) in [6.45, 7) is 1.07. The molecular weight excluding hydrogens is 462 g/mol. The Morgan fingerprint density at radius 1 is 1.09 bits per heavy atom. The number of amides is 3. The van der Waals surface area contributed by atoms with Crippen molar-refractivity contribution in [1.29, 1.82) is 0 Å². The summed E-state index contributed by atoms with van der Waals surface area (Å²) >= 11 is 7.61. The zero-order chi connectivity index (χ0) is 23.3. The van der Waals surface area contributed by atoms with Crippen molar-refractivity contribution in [3.8, 4) is 0 Å². The maximum absolute atomic E-state index is 14.1. The molecule has 3 amide bonds. The van der Waals surface area contributed by atoms with Crippen LogP contribution in [0.25, 0.3) is 0 Å². The third kappa shape index (κ3) is 3.42. The molecule has 1 unspecified atom stereocenters. The standard InChI is InChI=1S/C24H26ClN3O4S/c1-26-11-2-5-17-18(21(26)30)19-22(31)28(13-4-14-29)20-23(32)27(12-3-10-24(19,20)33-17)16-8-6-15(25)7-9-16/h2-3,5-10,17-20,29H,4,11-14H2,1H3/t17-,18+,19-,20?,24-/m0/s1. The predicted molar refractivity (Wildman–Crippen MR) is 128 cm³/mol. The molecule has 1 aromatic carbocycles. The number of likely N-dealkylation sites (tertiary alicyclic amines) is 1. The van der Waals surface area contributed by atoms with Crippen molar-refractivity contribution < 1.29 is 19.5 Å². The van der Waals surface area contributed by atoms with Crippen molar-refractivity contribution in [3.63, 3.8) is 0 Å². The molecular formula is C24H26ClN3O4S. The van der Waals surface area contributed by atoms with E-state index in [1.165, 1.54) is 0 Å². The highest BCUT2D eigenvalue weighted by Crippen LogP contribution is 2.61. The van der Waals surface area contributed by atoms with Gasteiger partial charge in [-0.15, -0.1) is 11.8 Å². The van der Waals surface area contributed by atoms with Crippen LogP contribution < -0.4 is 4.90 Å². The summed E-state index contributed by atoms with van der Waals surface area (Å²) in [5, 5.41) is 9.86. The molecule has 4 heterocycles.